The van der Waals surface area contributed by atoms with E-state index >= 15 is 0 Å². The zero-order valence-electron chi connectivity index (χ0n) is 42.8. The van der Waals surface area contributed by atoms with Gasteiger partial charge in [-0.3, -0.25) is 19.2 Å². The summed E-state index contributed by atoms with van der Waals surface area (Å²) < 4.78 is 53.0. The lowest BCUT2D eigenvalue weighted by Crippen LogP contribution is -2.71. The standard InChI is InChI=1S/C49H78N4O22/c1-6-7-8-9-10-11-12-13-14-19-68-28-17-15-27(16-18-28)45(65)53-34-38(61)37(60)29(20-54)70-47(34)73-42-30(21-55)71-48(35(40(42)63)51-25(3)58)74-43-31(22-56)72-49(36(41(43)64)52-26(4)59)75-44-32(23-67-5)69-46(66)33(39(44)62)50-24(2)57/h11-12,15-18,29-44,46-49,54-56,60-64,66H,6-10,13-14,19-23H2,1-5H3,(H,50,57)(H,51,58)(H,52,59)(H,53,65)/b12-11-. The topological polar surface area (TPSA) is 382 Å². The number of allylic oxidation sites excluding steroid dienone is 2. The van der Waals surface area contributed by atoms with Gasteiger partial charge in [0.2, 0.25) is 17.7 Å². The molecule has 13 N–H and O–H groups in total. The van der Waals surface area contributed by atoms with Crippen molar-refractivity contribution in [3.8, 4) is 5.75 Å². The minimum absolute atomic E-state index is 0.109. The maximum absolute atomic E-state index is 13.7. The second kappa shape index (κ2) is 30.2. The van der Waals surface area contributed by atoms with E-state index in [0.29, 0.717) is 12.4 Å². The highest BCUT2D eigenvalue weighted by molar-refractivity contribution is 5.94. The number of amides is 4. The minimum atomic E-state index is -1.92. The van der Waals surface area contributed by atoms with Gasteiger partial charge in [-0.2, -0.15) is 0 Å². The van der Waals surface area contributed by atoms with Crippen molar-refractivity contribution in [2.24, 2.45) is 0 Å². The Morgan fingerprint density at radius 3 is 1.48 bits per heavy atom. The normalized spacial score (nSPS) is 36.1. The van der Waals surface area contributed by atoms with Crippen LogP contribution in [0, 0.1) is 0 Å². The maximum atomic E-state index is 13.7. The fraction of sp³-hybridized carbons (Fsp3) is 0.755. The fourth-order valence-electron chi connectivity index (χ4n) is 9.34. The van der Waals surface area contributed by atoms with Crippen LogP contribution in [-0.4, -0.2) is 232 Å². The molecule has 26 nitrogen and oxygen atoms in total. The first kappa shape index (κ1) is 61.8. The number of carbonyl (C=O) groups excluding carboxylic acids is 4. The number of hydrogen-bond donors (Lipinski definition) is 13. The van der Waals surface area contributed by atoms with Crippen LogP contribution in [0.3, 0.4) is 0 Å². The summed E-state index contributed by atoms with van der Waals surface area (Å²) in [6.45, 7) is 3.00. The third kappa shape index (κ3) is 16.7. The summed E-state index contributed by atoms with van der Waals surface area (Å²) in [7, 11) is 1.30. The SMILES string of the molecule is CCCCCC/C=C\CCCOc1ccc(C(=O)NC2C(OC3C(CO)OC(OC4C(CO)OC(OC5C(COC)OC(O)C(NC(C)=O)C5O)C(NC(C)=O)C4O)C(NC(C)=O)C3O)OC(CO)C(O)C2O)cc1. The van der Waals surface area contributed by atoms with Crippen molar-refractivity contribution in [3.05, 3.63) is 42.0 Å². The summed E-state index contributed by atoms with van der Waals surface area (Å²) in [5.74, 6) is -2.36. The largest absolute Gasteiger partial charge is 0.494 e. The van der Waals surface area contributed by atoms with Gasteiger partial charge in [-0.15, -0.1) is 0 Å². The predicted octanol–water partition coefficient (Wildman–Crippen LogP) is -3.54. The number of benzene rings is 1. The van der Waals surface area contributed by atoms with Crippen molar-refractivity contribution < 1.29 is 108 Å². The van der Waals surface area contributed by atoms with Gasteiger partial charge in [0, 0.05) is 33.4 Å². The molecule has 1 aromatic rings. The molecule has 0 aromatic heterocycles. The van der Waals surface area contributed by atoms with Crippen LogP contribution in [0.25, 0.3) is 0 Å². The van der Waals surface area contributed by atoms with Crippen molar-refractivity contribution in [2.45, 2.75) is 195 Å². The molecule has 4 aliphatic heterocycles. The van der Waals surface area contributed by atoms with Gasteiger partial charge in [-0.1, -0.05) is 38.3 Å². The van der Waals surface area contributed by atoms with Crippen LogP contribution in [0.1, 0.15) is 83.0 Å². The van der Waals surface area contributed by atoms with E-state index in [4.69, 9.17) is 42.6 Å². The Kier molecular flexibility index (Phi) is 24.9. The van der Waals surface area contributed by atoms with Gasteiger partial charge in [0.15, 0.2) is 25.2 Å². The summed E-state index contributed by atoms with van der Waals surface area (Å²) in [6.07, 6.45) is -15.1. The molecule has 0 aliphatic carbocycles. The molecule has 5 rings (SSSR count). The van der Waals surface area contributed by atoms with E-state index in [1.807, 2.05) is 0 Å². The molecule has 4 fully saturated rings. The minimum Gasteiger partial charge on any atom is -0.494 e. The Morgan fingerprint density at radius 2 is 1.00 bits per heavy atom. The number of unbranched alkanes of at least 4 members (excludes halogenated alkanes) is 5. The first-order chi connectivity index (χ1) is 35.9. The van der Waals surface area contributed by atoms with E-state index in [1.165, 1.54) is 38.5 Å². The van der Waals surface area contributed by atoms with Gasteiger partial charge in [-0.05, 0) is 49.9 Å². The number of carbonyl (C=O) groups is 4. The number of aliphatic hydroxyl groups is 9. The molecule has 20 atom stereocenters. The monoisotopic (exact) mass is 1070 g/mol. The predicted molar refractivity (Wildman–Crippen MR) is 258 cm³/mol. The van der Waals surface area contributed by atoms with Crippen LogP contribution in [0.5, 0.6) is 5.75 Å². The fourth-order valence-corrected chi connectivity index (χ4v) is 9.34. The van der Waals surface area contributed by atoms with Gasteiger partial charge in [0.1, 0.15) is 103 Å². The first-order valence-corrected chi connectivity index (χ1v) is 25.4. The molecular formula is C49H78N4O22. The third-order valence-electron chi connectivity index (χ3n) is 13.2. The highest BCUT2D eigenvalue weighted by Crippen LogP contribution is 2.35. The Hall–Kier alpha value is -4.04. The van der Waals surface area contributed by atoms with E-state index in [1.54, 1.807) is 12.1 Å². The van der Waals surface area contributed by atoms with Crippen LogP contribution < -0.4 is 26.0 Å². The van der Waals surface area contributed by atoms with Gasteiger partial charge in [-0.25, -0.2) is 0 Å². The smallest absolute Gasteiger partial charge is 0.251 e. The average Bonchev–Trinajstić information content (AvgIpc) is 3.37. The molecule has 4 amide bonds. The summed E-state index contributed by atoms with van der Waals surface area (Å²) in [5.41, 5.74) is 0.109. The summed E-state index contributed by atoms with van der Waals surface area (Å²) >= 11 is 0. The molecule has 0 radical (unpaired) electrons. The summed E-state index contributed by atoms with van der Waals surface area (Å²) in [4.78, 5) is 50.9. The molecule has 426 valence electrons. The molecule has 4 saturated heterocycles. The Morgan fingerprint density at radius 1 is 0.547 bits per heavy atom. The zero-order valence-corrected chi connectivity index (χ0v) is 42.8. The van der Waals surface area contributed by atoms with Crippen molar-refractivity contribution in [2.75, 3.05) is 40.1 Å². The number of ether oxygens (including phenoxy) is 9. The first-order valence-electron chi connectivity index (χ1n) is 25.4. The van der Waals surface area contributed by atoms with E-state index in [0.717, 1.165) is 46.5 Å². The average molecular weight is 1080 g/mol. The number of aliphatic hydroxyl groups excluding tert-OH is 9. The Bertz CT molecular complexity index is 1960. The van der Waals surface area contributed by atoms with Gasteiger partial charge in [0.05, 0.1) is 33.0 Å². The summed E-state index contributed by atoms with van der Waals surface area (Å²) in [5, 5.41) is 109. The van der Waals surface area contributed by atoms with E-state index in [2.05, 4.69) is 40.3 Å². The third-order valence-corrected chi connectivity index (χ3v) is 13.2. The molecule has 4 aliphatic rings. The van der Waals surface area contributed by atoms with E-state index in [9.17, 15) is 65.1 Å². The second-order valence-electron chi connectivity index (χ2n) is 19.0. The van der Waals surface area contributed by atoms with Crippen molar-refractivity contribution >= 4 is 23.6 Å². The number of rotatable bonds is 26. The highest BCUT2D eigenvalue weighted by atomic mass is 16.8. The van der Waals surface area contributed by atoms with E-state index in [-0.39, 0.29) is 12.2 Å². The molecule has 0 saturated carbocycles. The van der Waals surface area contributed by atoms with Crippen LogP contribution >= 0.6 is 0 Å². The Labute approximate surface area is 434 Å². The molecule has 1 aromatic carbocycles. The molecule has 75 heavy (non-hydrogen) atoms. The number of methoxy groups -OCH3 is 1. The number of hydrogen-bond acceptors (Lipinski definition) is 22. The lowest BCUT2D eigenvalue weighted by atomic mass is 9.93. The molecular weight excluding hydrogens is 997 g/mol. The van der Waals surface area contributed by atoms with Crippen LogP contribution in [-0.2, 0) is 52.3 Å². The molecule has 4 heterocycles. The molecule has 26 heteroatoms. The van der Waals surface area contributed by atoms with Gasteiger partial charge in [0.25, 0.3) is 5.91 Å². The second-order valence-corrected chi connectivity index (χ2v) is 19.0. The van der Waals surface area contributed by atoms with Gasteiger partial charge >= 0.3 is 0 Å². The quantitative estimate of drug-likeness (QED) is 0.0316. The van der Waals surface area contributed by atoms with Gasteiger partial charge < -0.3 is 110 Å². The van der Waals surface area contributed by atoms with Crippen molar-refractivity contribution in [1.29, 1.82) is 0 Å². The highest BCUT2D eigenvalue weighted by Gasteiger charge is 2.56. The summed E-state index contributed by atoms with van der Waals surface area (Å²) in [6, 6.07) is -0.121. The lowest BCUT2D eigenvalue weighted by molar-refractivity contribution is -0.362. The van der Waals surface area contributed by atoms with Crippen LogP contribution in [0.15, 0.2) is 36.4 Å². The van der Waals surface area contributed by atoms with Crippen molar-refractivity contribution in [1.82, 2.24) is 21.3 Å². The Balaban J connectivity index is 1.31. The van der Waals surface area contributed by atoms with Crippen LogP contribution in [0.4, 0.5) is 0 Å². The molecule has 0 bridgehead atoms. The molecule has 20 unspecified atom stereocenters. The molecule has 0 spiro atoms. The van der Waals surface area contributed by atoms with Crippen molar-refractivity contribution in [3.63, 3.8) is 0 Å². The maximum Gasteiger partial charge on any atom is 0.251 e. The number of nitrogens with one attached hydrogen (secondary N) is 4. The zero-order chi connectivity index (χ0) is 54.9. The van der Waals surface area contributed by atoms with Crippen LogP contribution in [0.2, 0.25) is 0 Å². The lowest BCUT2D eigenvalue weighted by Gasteiger charge is -2.51. The van der Waals surface area contributed by atoms with E-state index < -0.39 is 166 Å².